The van der Waals surface area contributed by atoms with Gasteiger partial charge in [-0.2, -0.15) is 13.2 Å². The van der Waals surface area contributed by atoms with Gasteiger partial charge in [0.1, 0.15) is 0 Å². The molecule has 0 saturated heterocycles. The van der Waals surface area contributed by atoms with E-state index in [0.29, 0.717) is 19.4 Å². The van der Waals surface area contributed by atoms with Gasteiger partial charge in [0.05, 0.1) is 5.92 Å². The molecule has 1 aliphatic carbocycles. The Balaban J connectivity index is 2.32. The number of hydrogen-bond donors (Lipinski definition) is 1. The number of nitrogens with one attached hydrogen (secondary N) is 1. The summed E-state index contributed by atoms with van der Waals surface area (Å²) < 4.78 is 37.7. The van der Waals surface area contributed by atoms with Crippen LogP contribution in [0.15, 0.2) is 0 Å². The SMILES string of the molecule is CC(C)(C)CC(Br)CNC(=O)C1CCC(C(F)(F)F)CC1. The van der Waals surface area contributed by atoms with Gasteiger partial charge in [0.25, 0.3) is 0 Å². The van der Waals surface area contributed by atoms with Crippen LogP contribution < -0.4 is 5.32 Å². The molecule has 2 nitrogen and oxygen atoms in total. The van der Waals surface area contributed by atoms with Gasteiger partial charge in [-0.15, -0.1) is 0 Å². The molecule has 21 heavy (non-hydrogen) atoms. The fraction of sp³-hybridized carbons (Fsp3) is 0.933. The van der Waals surface area contributed by atoms with Crippen LogP contribution >= 0.6 is 15.9 Å². The molecular formula is C15H25BrF3NO. The van der Waals surface area contributed by atoms with Crippen molar-refractivity contribution in [3.05, 3.63) is 0 Å². The number of rotatable bonds is 4. The summed E-state index contributed by atoms with van der Waals surface area (Å²) in [6.45, 7) is 6.90. The van der Waals surface area contributed by atoms with Gasteiger partial charge < -0.3 is 5.32 Å². The van der Waals surface area contributed by atoms with E-state index in [-0.39, 0.29) is 34.9 Å². The Hall–Kier alpha value is -0.260. The molecule has 6 heteroatoms. The highest BCUT2D eigenvalue weighted by molar-refractivity contribution is 9.09. The molecule has 0 aromatic rings. The van der Waals surface area contributed by atoms with E-state index in [1.165, 1.54) is 0 Å². The standard InChI is InChI=1S/C15H25BrF3NO/c1-14(2,3)8-12(16)9-20-13(21)10-4-6-11(7-5-10)15(17,18)19/h10-12H,4-9H2,1-3H3,(H,20,21). The lowest BCUT2D eigenvalue weighted by Gasteiger charge is -2.29. The monoisotopic (exact) mass is 371 g/mol. The highest BCUT2D eigenvalue weighted by atomic mass is 79.9. The maximum atomic E-state index is 12.6. The molecule has 1 fully saturated rings. The molecule has 0 aromatic heterocycles. The predicted octanol–water partition coefficient (Wildman–Crippen LogP) is 4.67. The molecule has 0 aliphatic heterocycles. The smallest absolute Gasteiger partial charge is 0.355 e. The number of carbonyl (C=O) groups excluding carboxylic acids is 1. The number of carbonyl (C=O) groups is 1. The summed E-state index contributed by atoms with van der Waals surface area (Å²) in [6.07, 6.45) is -2.38. The molecule has 0 heterocycles. The molecule has 1 atom stereocenters. The van der Waals surface area contributed by atoms with Crippen molar-refractivity contribution in [2.75, 3.05) is 6.54 Å². The van der Waals surface area contributed by atoms with E-state index in [2.05, 4.69) is 42.0 Å². The van der Waals surface area contributed by atoms with Crippen molar-refractivity contribution in [1.82, 2.24) is 5.32 Å². The molecule has 1 aliphatic rings. The molecule has 124 valence electrons. The maximum Gasteiger partial charge on any atom is 0.391 e. The zero-order chi connectivity index (χ0) is 16.3. The second kappa shape index (κ2) is 7.34. The quantitative estimate of drug-likeness (QED) is 0.714. The molecule has 0 spiro atoms. The van der Waals surface area contributed by atoms with Crippen LogP contribution in [0.1, 0.15) is 52.9 Å². The third kappa shape index (κ3) is 7.02. The van der Waals surface area contributed by atoms with Crippen molar-refractivity contribution >= 4 is 21.8 Å². The molecule has 0 bridgehead atoms. The minimum Gasteiger partial charge on any atom is -0.355 e. The lowest BCUT2D eigenvalue weighted by molar-refractivity contribution is -0.184. The molecule has 1 unspecified atom stereocenters. The summed E-state index contributed by atoms with van der Waals surface area (Å²) >= 11 is 3.54. The average molecular weight is 372 g/mol. The van der Waals surface area contributed by atoms with Crippen molar-refractivity contribution in [1.29, 1.82) is 0 Å². The second-order valence-electron chi connectivity index (χ2n) is 7.20. The van der Waals surface area contributed by atoms with Crippen LogP contribution in [0.5, 0.6) is 0 Å². The largest absolute Gasteiger partial charge is 0.391 e. The fourth-order valence-electron chi connectivity index (χ4n) is 2.78. The number of halogens is 4. The first-order chi connectivity index (χ1) is 9.49. The third-order valence-electron chi connectivity index (χ3n) is 3.89. The number of alkyl halides is 4. The Labute approximate surface area is 133 Å². The van der Waals surface area contributed by atoms with E-state index in [9.17, 15) is 18.0 Å². The fourth-order valence-corrected chi connectivity index (χ4v) is 3.91. The van der Waals surface area contributed by atoms with Gasteiger partial charge in [-0.25, -0.2) is 0 Å². The molecule has 0 radical (unpaired) electrons. The van der Waals surface area contributed by atoms with Crippen molar-refractivity contribution in [3.63, 3.8) is 0 Å². The van der Waals surface area contributed by atoms with Gasteiger partial charge in [-0.05, 0) is 37.5 Å². The number of hydrogen-bond acceptors (Lipinski definition) is 1. The zero-order valence-electron chi connectivity index (χ0n) is 12.9. The molecule has 1 rings (SSSR count). The molecule has 1 N–H and O–H groups in total. The van der Waals surface area contributed by atoms with Gasteiger partial charge in [0, 0.05) is 17.3 Å². The minimum atomic E-state index is -4.12. The van der Waals surface area contributed by atoms with Crippen molar-refractivity contribution in [2.45, 2.75) is 63.9 Å². The maximum absolute atomic E-state index is 12.6. The first kappa shape index (κ1) is 18.8. The summed E-state index contributed by atoms with van der Waals surface area (Å²) in [5.41, 5.74) is 0.170. The van der Waals surface area contributed by atoms with Crippen LogP contribution in [0.2, 0.25) is 0 Å². The van der Waals surface area contributed by atoms with Crippen molar-refractivity contribution < 1.29 is 18.0 Å². The van der Waals surface area contributed by atoms with Crippen molar-refractivity contribution in [2.24, 2.45) is 17.3 Å². The Morgan fingerprint density at radius 2 is 1.71 bits per heavy atom. The topological polar surface area (TPSA) is 29.1 Å². The van der Waals surface area contributed by atoms with Crippen LogP contribution in [0.3, 0.4) is 0 Å². The highest BCUT2D eigenvalue weighted by Crippen LogP contribution is 2.39. The summed E-state index contributed by atoms with van der Waals surface area (Å²) in [6, 6.07) is 0. The predicted molar refractivity (Wildman–Crippen MR) is 81.3 cm³/mol. The van der Waals surface area contributed by atoms with Crippen LogP contribution in [0.4, 0.5) is 13.2 Å². The third-order valence-corrected chi connectivity index (χ3v) is 4.54. The van der Waals surface area contributed by atoms with E-state index >= 15 is 0 Å². The normalized spacial score (nSPS) is 25.5. The Morgan fingerprint density at radius 3 is 2.14 bits per heavy atom. The second-order valence-corrected chi connectivity index (χ2v) is 8.49. The zero-order valence-corrected chi connectivity index (χ0v) is 14.5. The highest BCUT2D eigenvalue weighted by Gasteiger charge is 2.42. The van der Waals surface area contributed by atoms with E-state index in [1.54, 1.807) is 0 Å². The van der Waals surface area contributed by atoms with Gasteiger partial charge in [-0.3, -0.25) is 4.79 Å². The summed E-state index contributed by atoms with van der Waals surface area (Å²) in [7, 11) is 0. The van der Waals surface area contributed by atoms with E-state index in [0.717, 1.165) is 6.42 Å². The summed E-state index contributed by atoms with van der Waals surface area (Å²) in [4.78, 5) is 12.2. The van der Waals surface area contributed by atoms with Gasteiger partial charge in [0.15, 0.2) is 0 Å². The molecule has 1 saturated carbocycles. The van der Waals surface area contributed by atoms with E-state index in [4.69, 9.17) is 0 Å². The lowest BCUT2D eigenvalue weighted by atomic mass is 9.81. The van der Waals surface area contributed by atoms with E-state index in [1.807, 2.05) is 0 Å². The summed E-state index contributed by atoms with van der Waals surface area (Å²) in [5, 5.41) is 2.86. The van der Waals surface area contributed by atoms with Gasteiger partial charge in [-0.1, -0.05) is 36.7 Å². The minimum absolute atomic E-state index is 0.0708. The molecule has 0 aromatic carbocycles. The Morgan fingerprint density at radius 1 is 1.19 bits per heavy atom. The van der Waals surface area contributed by atoms with Crippen LogP contribution in [-0.4, -0.2) is 23.5 Å². The Kier molecular flexibility index (Phi) is 6.56. The first-order valence-electron chi connectivity index (χ1n) is 7.47. The van der Waals surface area contributed by atoms with E-state index < -0.39 is 12.1 Å². The van der Waals surface area contributed by atoms with Gasteiger partial charge >= 0.3 is 6.18 Å². The molecule has 1 amide bonds. The Bertz CT molecular complexity index is 344. The first-order valence-corrected chi connectivity index (χ1v) is 8.39. The van der Waals surface area contributed by atoms with Crippen LogP contribution in [0.25, 0.3) is 0 Å². The molecular weight excluding hydrogens is 347 g/mol. The lowest BCUT2D eigenvalue weighted by Crippen LogP contribution is -2.38. The number of amides is 1. The van der Waals surface area contributed by atoms with Crippen LogP contribution in [0, 0.1) is 17.3 Å². The van der Waals surface area contributed by atoms with Gasteiger partial charge in [0.2, 0.25) is 5.91 Å². The summed E-state index contributed by atoms with van der Waals surface area (Å²) in [5.74, 6) is -1.60. The average Bonchev–Trinajstić information content (AvgIpc) is 2.33. The van der Waals surface area contributed by atoms with Crippen molar-refractivity contribution in [3.8, 4) is 0 Å². The van der Waals surface area contributed by atoms with Crippen LogP contribution in [-0.2, 0) is 4.79 Å².